The quantitative estimate of drug-likeness (QED) is 0.445. The van der Waals surface area contributed by atoms with Crippen LogP contribution >= 0.6 is 11.6 Å². The van der Waals surface area contributed by atoms with Crippen molar-refractivity contribution in [3.05, 3.63) is 71.5 Å². The van der Waals surface area contributed by atoms with Gasteiger partial charge < -0.3 is 10.4 Å². The van der Waals surface area contributed by atoms with Crippen LogP contribution in [0.15, 0.2) is 70.7 Å². The fourth-order valence-electron chi connectivity index (χ4n) is 2.60. The zero-order chi connectivity index (χ0) is 26.0. The van der Waals surface area contributed by atoms with E-state index in [2.05, 4.69) is 15.3 Å². The first kappa shape index (κ1) is 26.1. The molecule has 9 nitrogen and oxygen atoms in total. The van der Waals surface area contributed by atoms with Gasteiger partial charge in [0.25, 0.3) is 11.8 Å². The molecule has 0 saturated heterocycles. The maximum atomic E-state index is 12.9. The van der Waals surface area contributed by atoms with Crippen molar-refractivity contribution in [3.63, 3.8) is 0 Å². The molecule has 184 valence electrons. The third kappa shape index (κ3) is 5.58. The number of alkyl halides is 3. The Bertz CT molecular complexity index is 1370. The Balaban J connectivity index is 1.79. The topological polar surface area (TPSA) is 138 Å². The Morgan fingerprint density at radius 3 is 2.09 bits per heavy atom. The molecule has 2 amide bonds. The lowest BCUT2D eigenvalue weighted by Gasteiger charge is -2.25. The van der Waals surface area contributed by atoms with Crippen molar-refractivity contribution in [3.8, 4) is 0 Å². The van der Waals surface area contributed by atoms with Crippen molar-refractivity contribution in [1.29, 1.82) is 0 Å². The Labute approximate surface area is 201 Å². The zero-order valence-electron chi connectivity index (χ0n) is 17.7. The largest absolute Gasteiger partial charge is 0.426 e. The molecule has 0 aliphatic heterocycles. The number of aliphatic hydroxyl groups is 1. The molecule has 0 aliphatic carbocycles. The number of anilines is 2. The maximum absolute atomic E-state index is 12.9. The smallest absolute Gasteiger partial charge is 0.373 e. The number of amides is 2. The van der Waals surface area contributed by atoms with Crippen LogP contribution in [0.1, 0.15) is 17.3 Å². The predicted octanol–water partition coefficient (Wildman–Crippen LogP) is 3.47. The number of sulfone groups is 1. The first-order chi connectivity index (χ1) is 16.2. The molecule has 0 spiro atoms. The Kier molecular flexibility index (Phi) is 7.15. The average Bonchev–Trinajstić information content (AvgIpc) is 2.80. The number of aromatic nitrogens is 2. The van der Waals surface area contributed by atoms with Crippen LogP contribution < -0.4 is 10.6 Å². The molecule has 1 atom stereocenters. The van der Waals surface area contributed by atoms with Gasteiger partial charge in [-0.25, -0.2) is 18.4 Å². The fraction of sp³-hybridized carbons (Fsp3) is 0.143. The summed E-state index contributed by atoms with van der Waals surface area (Å²) in [6, 6.07) is 9.39. The molecular formula is C21H16ClF3N4O5S. The van der Waals surface area contributed by atoms with Gasteiger partial charge in [-0.1, -0.05) is 11.6 Å². The van der Waals surface area contributed by atoms with E-state index in [-0.39, 0.29) is 38.9 Å². The van der Waals surface area contributed by atoms with Crippen LogP contribution in [0.25, 0.3) is 0 Å². The monoisotopic (exact) mass is 528 g/mol. The highest BCUT2D eigenvalue weighted by Crippen LogP contribution is 2.33. The Morgan fingerprint density at radius 2 is 1.54 bits per heavy atom. The van der Waals surface area contributed by atoms with E-state index in [1.165, 1.54) is 36.7 Å². The number of rotatable bonds is 6. The summed E-state index contributed by atoms with van der Waals surface area (Å²) in [4.78, 5) is 31.3. The van der Waals surface area contributed by atoms with E-state index in [1.807, 2.05) is 5.32 Å². The number of benzene rings is 2. The fourth-order valence-corrected chi connectivity index (χ4v) is 4.18. The van der Waals surface area contributed by atoms with E-state index in [1.54, 1.807) is 6.07 Å². The number of hydrogen-bond acceptors (Lipinski definition) is 7. The van der Waals surface area contributed by atoms with E-state index in [4.69, 9.17) is 11.6 Å². The first-order valence-corrected chi connectivity index (χ1v) is 11.4. The lowest BCUT2D eigenvalue weighted by molar-refractivity contribution is -0.242. The van der Waals surface area contributed by atoms with Crippen LogP contribution in [-0.2, 0) is 14.6 Å². The summed E-state index contributed by atoms with van der Waals surface area (Å²) in [7, 11) is -4.14. The van der Waals surface area contributed by atoms with E-state index < -0.39 is 33.4 Å². The van der Waals surface area contributed by atoms with Gasteiger partial charge in [0, 0.05) is 18.0 Å². The molecule has 1 heterocycles. The average molecular weight is 529 g/mol. The molecule has 3 aromatic rings. The van der Waals surface area contributed by atoms with Gasteiger partial charge in [0.1, 0.15) is 0 Å². The van der Waals surface area contributed by atoms with Crippen LogP contribution in [0, 0.1) is 0 Å². The number of hydrogen-bond donors (Lipinski definition) is 3. The van der Waals surface area contributed by atoms with Gasteiger partial charge in [0.15, 0.2) is 0 Å². The number of nitrogens with one attached hydrogen (secondary N) is 2. The highest BCUT2D eigenvalue weighted by molar-refractivity contribution is 7.91. The summed E-state index contributed by atoms with van der Waals surface area (Å²) in [5.74, 6) is -2.30. The number of nitrogens with zero attached hydrogens (tertiary/aromatic N) is 2. The van der Waals surface area contributed by atoms with Crippen molar-refractivity contribution >= 4 is 44.9 Å². The molecule has 0 saturated carbocycles. The summed E-state index contributed by atoms with van der Waals surface area (Å²) < 4.78 is 64.3. The van der Waals surface area contributed by atoms with Crippen molar-refractivity contribution in [1.82, 2.24) is 9.97 Å². The number of carbonyl (C=O) groups is 2. The predicted molar refractivity (Wildman–Crippen MR) is 119 cm³/mol. The summed E-state index contributed by atoms with van der Waals surface area (Å²) in [5.41, 5.74) is -3.90. The minimum Gasteiger partial charge on any atom is -0.373 e. The molecule has 2 aromatic carbocycles. The SMILES string of the molecule is C[C@@](O)(C(=O)Nc1ccc(S(=O)(=O)c2ccc(C(=O)Nc3ncccn3)cc2)cc1Cl)C(F)(F)F. The summed E-state index contributed by atoms with van der Waals surface area (Å²) in [5, 5.41) is 13.3. The first-order valence-electron chi connectivity index (χ1n) is 9.57. The Morgan fingerprint density at radius 1 is 0.971 bits per heavy atom. The molecule has 0 radical (unpaired) electrons. The van der Waals surface area contributed by atoms with Gasteiger partial charge >= 0.3 is 6.18 Å². The highest BCUT2D eigenvalue weighted by Gasteiger charge is 2.55. The summed E-state index contributed by atoms with van der Waals surface area (Å²) >= 11 is 5.97. The third-order valence-corrected chi connectivity index (χ3v) is 6.79. The normalized spacial score (nSPS) is 13.5. The highest BCUT2D eigenvalue weighted by atomic mass is 35.5. The summed E-state index contributed by atoms with van der Waals surface area (Å²) in [6.45, 7) is 0.270. The van der Waals surface area contributed by atoms with Crippen LogP contribution in [-0.4, -0.2) is 47.1 Å². The van der Waals surface area contributed by atoms with Crippen LogP contribution in [0.5, 0.6) is 0 Å². The third-order valence-electron chi connectivity index (χ3n) is 4.71. The van der Waals surface area contributed by atoms with Gasteiger partial charge in [-0.05, 0) is 55.5 Å². The molecule has 35 heavy (non-hydrogen) atoms. The molecule has 0 fully saturated rings. The van der Waals surface area contributed by atoms with Gasteiger partial charge in [-0.15, -0.1) is 0 Å². The minimum absolute atomic E-state index is 0.0627. The lowest BCUT2D eigenvalue weighted by Crippen LogP contribution is -2.52. The minimum atomic E-state index is -5.25. The molecule has 0 bridgehead atoms. The molecule has 3 N–H and O–H groups in total. The zero-order valence-corrected chi connectivity index (χ0v) is 19.2. The molecule has 3 rings (SSSR count). The van der Waals surface area contributed by atoms with E-state index >= 15 is 0 Å². The lowest BCUT2D eigenvalue weighted by atomic mass is 10.1. The van der Waals surface area contributed by atoms with Crippen LogP contribution in [0.4, 0.5) is 24.8 Å². The number of halogens is 4. The molecule has 14 heteroatoms. The second kappa shape index (κ2) is 9.60. The summed E-state index contributed by atoms with van der Waals surface area (Å²) in [6.07, 6.45) is -2.39. The van der Waals surface area contributed by atoms with E-state index in [0.717, 1.165) is 18.2 Å². The molecule has 0 aliphatic rings. The standard InChI is InChI=1S/C21H16ClF3N4O5S/c1-20(32,21(23,24)25)18(31)28-16-8-7-14(11-15(16)22)35(33,34)13-5-3-12(4-6-13)17(30)29-19-26-9-2-10-27-19/h2-11,32H,1H3,(H,28,31)(H,26,27,29,30)/t20-/m1/s1. The molecule has 0 unspecified atom stereocenters. The number of carbonyl (C=O) groups excluding carboxylic acids is 2. The van der Waals surface area contributed by atoms with Crippen molar-refractivity contribution in [2.75, 3.05) is 10.6 Å². The maximum Gasteiger partial charge on any atom is 0.426 e. The van der Waals surface area contributed by atoms with Crippen molar-refractivity contribution in [2.45, 2.75) is 28.5 Å². The van der Waals surface area contributed by atoms with Crippen LogP contribution in [0.2, 0.25) is 5.02 Å². The second-order valence-electron chi connectivity index (χ2n) is 7.22. The van der Waals surface area contributed by atoms with Crippen molar-refractivity contribution < 1.29 is 36.3 Å². The van der Waals surface area contributed by atoms with Crippen LogP contribution in [0.3, 0.4) is 0 Å². The molecular weight excluding hydrogens is 513 g/mol. The second-order valence-corrected chi connectivity index (χ2v) is 9.58. The van der Waals surface area contributed by atoms with Gasteiger partial charge in [-0.3, -0.25) is 14.9 Å². The van der Waals surface area contributed by atoms with Gasteiger partial charge in [0.2, 0.25) is 21.4 Å². The van der Waals surface area contributed by atoms with E-state index in [0.29, 0.717) is 0 Å². The van der Waals surface area contributed by atoms with Crippen molar-refractivity contribution in [2.24, 2.45) is 0 Å². The molecule has 1 aromatic heterocycles. The Hall–Kier alpha value is -3.55. The van der Waals surface area contributed by atoms with Gasteiger partial charge in [-0.2, -0.15) is 13.2 Å². The van der Waals surface area contributed by atoms with Gasteiger partial charge in [0.05, 0.1) is 20.5 Å². The van der Waals surface area contributed by atoms with E-state index in [9.17, 15) is 36.3 Å².